The minimum Gasteiger partial charge on any atom is -0.393 e. The standard InChI is InChI=1S/C26H34O2/c1-25-12-10-20(27)16-19(25)8-9-21-22(25)11-13-26(2)23(21)15-18(24(26)28)14-17-6-4-3-5-7-17/h3-7,14,19-23,27H,8-13,15-16H2,1-2H3/b18-14+/t19-,20+,21-,22+,23+,25+,26+/m1/s1. The van der Waals surface area contributed by atoms with Crippen molar-refractivity contribution >= 4 is 11.9 Å². The number of fused-ring (bicyclic) bond motifs is 5. The van der Waals surface area contributed by atoms with E-state index in [4.69, 9.17) is 0 Å². The zero-order valence-electron chi connectivity index (χ0n) is 17.4. The Morgan fingerprint density at radius 3 is 2.57 bits per heavy atom. The summed E-state index contributed by atoms with van der Waals surface area (Å²) >= 11 is 0. The lowest BCUT2D eigenvalue weighted by Gasteiger charge is -2.59. The highest BCUT2D eigenvalue weighted by Crippen LogP contribution is 2.66. The second kappa shape index (κ2) is 6.55. The molecule has 0 radical (unpaired) electrons. The smallest absolute Gasteiger partial charge is 0.165 e. The van der Waals surface area contributed by atoms with E-state index in [-0.39, 0.29) is 11.5 Å². The average molecular weight is 379 g/mol. The normalized spacial score (nSPS) is 46.8. The molecule has 0 heterocycles. The fourth-order valence-electron chi connectivity index (χ4n) is 7.79. The van der Waals surface area contributed by atoms with Crippen LogP contribution in [0.3, 0.4) is 0 Å². The Balaban J connectivity index is 1.45. The quantitative estimate of drug-likeness (QED) is 0.641. The van der Waals surface area contributed by atoms with Gasteiger partial charge in [0.05, 0.1) is 6.10 Å². The van der Waals surface area contributed by atoms with Gasteiger partial charge in [0.1, 0.15) is 0 Å². The molecule has 0 aliphatic heterocycles. The van der Waals surface area contributed by atoms with E-state index in [1.54, 1.807) is 0 Å². The van der Waals surface area contributed by atoms with Gasteiger partial charge in [-0.1, -0.05) is 44.2 Å². The summed E-state index contributed by atoms with van der Waals surface area (Å²) in [6.45, 7) is 4.78. The van der Waals surface area contributed by atoms with Crippen LogP contribution in [0, 0.1) is 34.5 Å². The van der Waals surface area contributed by atoms with Crippen LogP contribution >= 0.6 is 0 Å². The number of aliphatic hydroxyl groups excluding tert-OH is 1. The van der Waals surface area contributed by atoms with Gasteiger partial charge in [-0.25, -0.2) is 0 Å². The summed E-state index contributed by atoms with van der Waals surface area (Å²) in [5.41, 5.74) is 2.43. The predicted octanol–water partition coefficient (Wildman–Crippen LogP) is 5.65. The first-order valence-corrected chi connectivity index (χ1v) is 11.4. The summed E-state index contributed by atoms with van der Waals surface area (Å²) < 4.78 is 0. The number of hydrogen-bond donors (Lipinski definition) is 1. The lowest BCUT2D eigenvalue weighted by atomic mass is 9.45. The highest BCUT2D eigenvalue weighted by Gasteiger charge is 2.61. The molecule has 5 rings (SSSR count). The predicted molar refractivity (Wildman–Crippen MR) is 113 cm³/mol. The van der Waals surface area contributed by atoms with Crippen molar-refractivity contribution in [2.45, 2.75) is 71.3 Å². The summed E-state index contributed by atoms with van der Waals surface area (Å²) in [5.74, 6) is 3.03. The number of rotatable bonds is 1. The number of hydrogen-bond acceptors (Lipinski definition) is 2. The maximum Gasteiger partial charge on any atom is 0.165 e. The van der Waals surface area contributed by atoms with E-state index < -0.39 is 0 Å². The van der Waals surface area contributed by atoms with Crippen molar-refractivity contribution in [3.63, 3.8) is 0 Å². The highest BCUT2D eigenvalue weighted by molar-refractivity contribution is 6.05. The molecule has 150 valence electrons. The van der Waals surface area contributed by atoms with Crippen LogP contribution in [0.1, 0.15) is 70.8 Å². The Morgan fingerprint density at radius 2 is 1.79 bits per heavy atom. The van der Waals surface area contributed by atoms with Crippen molar-refractivity contribution in [1.29, 1.82) is 0 Å². The molecule has 2 heteroatoms. The van der Waals surface area contributed by atoms with Crippen molar-refractivity contribution in [2.75, 3.05) is 0 Å². The molecule has 1 aromatic carbocycles. The van der Waals surface area contributed by atoms with Crippen LogP contribution < -0.4 is 0 Å². The Morgan fingerprint density at radius 1 is 1.00 bits per heavy atom. The fourth-order valence-corrected chi connectivity index (χ4v) is 7.79. The summed E-state index contributed by atoms with van der Waals surface area (Å²) in [4.78, 5) is 13.4. The molecule has 1 aromatic rings. The van der Waals surface area contributed by atoms with E-state index in [9.17, 15) is 9.90 Å². The molecule has 4 aliphatic carbocycles. The summed E-state index contributed by atoms with van der Waals surface area (Å²) in [6, 6.07) is 10.3. The van der Waals surface area contributed by atoms with E-state index in [1.807, 2.05) is 6.07 Å². The highest BCUT2D eigenvalue weighted by atomic mass is 16.3. The number of Topliss-reactive ketones (excluding diaryl/α,β-unsaturated/α-hetero) is 1. The minimum absolute atomic E-state index is 0.0862. The first-order chi connectivity index (χ1) is 13.4. The molecule has 1 N–H and O–H groups in total. The van der Waals surface area contributed by atoms with E-state index >= 15 is 0 Å². The Labute approximate surface area is 169 Å². The molecule has 4 aliphatic rings. The maximum absolute atomic E-state index is 13.4. The van der Waals surface area contributed by atoms with Gasteiger partial charge in [0.2, 0.25) is 0 Å². The minimum atomic E-state index is -0.154. The molecule has 28 heavy (non-hydrogen) atoms. The van der Waals surface area contributed by atoms with Gasteiger partial charge in [0.25, 0.3) is 0 Å². The second-order valence-corrected chi connectivity index (χ2v) is 10.7. The third kappa shape index (κ3) is 2.67. The zero-order valence-corrected chi connectivity index (χ0v) is 17.4. The van der Waals surface area contributed by atoms with E-state index in [1.165, 1.54) is 25.7 Å². The SMILES string of the molecule is C[C@]12CC[C@H](O)C[C@H]1CC[C@@H]1[C@@H]2CC[C@]2(C)C(=O)/C(=C/c3ccccc3)C[C@@H]12. The van der Waals surface area contributed by atoms with Crippen LogP contribution in [0.2, 0.25) is 0 Å². The fraction of sp³-hybridized carbons (Fsp3) is 0.654. The second-order valence-electron chi connectivity index (χ2n) is 10.7. The molecule has 0 aromatic heterocycles. The molecule has 4 saturated carbocycles. The topological polar surface area (TPSA) is 37.3 Å². The lowest BCUT2D eigenvalue weighted by Crippen LogP contribution is -2.54. The molecule has 0 amide bonds. The van der Waals surface area contributed by atoms with Gasteiger partial charge >= 0.3 is 0 Å². The molecular weight excluding hydrogens is 344 g/mol. The molecule has 0 spiro atoms. The van der Waals surface area contributed by atoms with Gasteiger partial charge in [-0.05, 0) is 97.7 Å². The number of carbonyl (C=O) groups is 1. The molecular formula is C26H34O2. The van der Waals surface area contributed by atoms with Crippen LogP contribution in [0.4, 0.5) is 0 Å². The monoisotopic (exact) mass is 378 g/mol. The van der Waals surface area contributed by atoms with Gasteiger partial charge in [0, 0.05) is 5.41 Å². The number of allylic oxidation sites excluding steroid dienone is 1. The van der Waals surface area contributed by atoms with Crippen LogP contribution in [-0.2, 0) is 4.79 Å². The molecule has 7 atom stereocenters. The van der Waals surface area contributed by atoms with Gasteiger partial charge in [-0.15, -0.1) is 0 Å². The Hall–Kier alpha value is -1.41. The zero-order chi connectivity index (χ0) is 19.5. The number of ketones is 1. The van der Waals surface area contributed by atoms with Crippen LogP contribution in [-0.4, -0.2) is 17.0 Å². The molecule has 0 bridgehead atoms. The van der Waals surface area contributed by atoms with Crippen LogP contribution in [0.15, 0.2) is 35.9 Å². The van der Waals surface area contributed by atoms with Gasteiger partial charge < -0.3 is 5.11 Å². The van der Waals surface area contributed by atoms with Gasteiger partial charge in [-0.2, -0.15) is 0 Å². The van der Waals surface area contributed by atoms with Crippen molar-refractivity contribution in [2.24, 2.45) is 34.5 Å². The Kier molecular flexibility index (Phi) is 4.36. The summed E-state index contributed by atoms with van der Waals surface area (Å²) in [7, 11) is 0. The molecule has 4 fully saturated rings. The van der Waals surface area contributed by atoms with Gasteiger partial charge in [0.15, 0.2) is 5.78 Å². The number of carbonyl (C=O) groups excluding carboxylic acids is 1. The largest absolute Gasteiger partial charge is 0.393 e. The number of aliphatic hydroxyl groups is 1. The first-order valence-electron chi connectivity index (χ1n) is 11.4. The molecule has 2 nitrogen and oxygen atoms in total. The van der Waals surface area contributed by atoms with E-state index in [0.717, 1.165) is 42.7 Å². The van der Waals surface area contributed by atoms with Crippen molar-refractivity contribution in [1.82, 2.24) is 0 Å². The number of benzene rings is 1. The van der Waals surface area contributed by atoms with E-state index in [2.05, 4.69) is 44.2 Å². The van der Waals surface area contributed by atoms with Crippen LogP contribution in [0.25, 0.3) is 6.08 Å². The van der Waals surface area contributed by atoms with E-state index in [0.29, 0.717) is 29.0 Å². The maximum atomic E-state index is 13.4. The van der Waals surface area contributed by atoms with Crippen molar-refractivity contribution in [3.8, 4) is 0 Å². The van der Waals surface area contributed by atoms with Crippen molar-refractivity contribution < 1.29 is 9.90 Å². The van der Waals surface area contributed by atoms with Gasteiger partial charge in [-0.3, -0.25) is 4.79 Å². The Bertz CT molecular complexity index is 796. The van der Waals surface area contributed by atoms with Crippen LogP contribution in [0.5, 0.6) is 0 Å². The third-order valence-electron chi connectivity index (χ3n) is 9.42. The summed E-state index contributed by atoms with van der Waals surface area (Å²) in [6.07, 6.45) is 10.9. The average Bonchev–Trinajstić information content (AvgIpc) is 2.94. The lowest BCUT2D eigenvalue weighted by molar-refractivity contribution is -0.141. The molecule has 0 unspecified atom stereocenters. The summed E-state index contributed by atoms with van der Waals surface area (Å²) in [5, 5.41) is 10.2. The van der Waals surface area contributed by atoms with Crippen molar-refractivity contribution in [3.05, 3.63) is 41.5 Å². The first kappa shape index (κ1) is 18.6. The third-order valence-corrected chi connectivity index (χ3v) is 9.42. The molecule has 0 saturated heterocycles.